The maximum Gasteiger partial charge on any atom is 0.344 e. The monoisotopic (exact) mass is 410 g/mol. The van der Waals surface area contributed by atoms with Crippen molar-refractivity contribution in [3.05, 3.63) is 47.0 Å². The minimum atomic E-state index is -3.39. The Morgan fingerprint density at radius 3 is 2.44 bits per heavy atom. The zero-order valence-electron chi connectivity index (χ0n) is 15.5. The molecule has 27 heavy (non-hydrogen) atoms. The Kier molecular flexibility index (Phi) is 6.89. The number of hydrogen-bond acceptors (Lipinski definition) is 4. The normalized spacial score (nSPS) is 12.6. The highest BCUT2D eigenvalue weighted by molar-refractivity contribution is 7.91. The van der Waals surface area contributed by atoms with E-state index >= 15 is 0 Å². The van der Waals surface area contributed by atoms with Gasteiger partial charge in [-0.25, -0.2) is 13.2 Å². The maximum absolute atomic E-state index is 12.5. The van der Waals surface area contributed by atoms with Crippen molar-refractivity contribution in [3.63, 3.8) is 0 Å². The van der Waals surface area contributed by atoms with Crippen molar-refractivity contribution >= 4 is 27.4 Å². The Morgan fingerprint density at radius 1 is 1.15 bits per heavy atom. The molecule has 0 radical (unpaired) electrons. The highest BCUT2D eigenvalue weighted by atomic mass is 35.5. The van der Waals surface area contributed by atoms with E-state index in [-0.39, 0.29) is 10.6 Å². The Morgan fingerprint density at radius 2 is 1.85 bits per heavy atom. The van der Waals surface area contributed by atoms with E-state index in [2.05, 4.69) is 0 Å². The third-order valence-electron chi connectivity index (χ3n) is 4.19. The minimum absolute atomic E-state index is 0.0608. The van der Waals surface area contributed by atoms with Gasteiger partial charge >= 0.3 is 5.97 Å². The van der Waals surface area contributed by atoms with Crippen LogP contribution in [0.1, 0.15) is 32.3 Å². The van der Waals surface area contributed by atoms with E-state index in [1.54, 1.807) is 43.3 Å². The molecule has 0 aliphatic carbocycles. The van der Waals surface area contributed by atoms with Crippen molar-refractivity contribution in [3.8, 4) is 16.9 Å². The van der Waals surface area contributed by atoms with Gasteiger partial charge in [-0.1, -0.05) is 31.5 Å². The first-order chi connectivity index (χ1) is 12.7. The lowest BCUT2D eigenvalue weighted by Crippen LogP contribution is -2.26. The molecule has 7 heteroatoms. The van der Waals surface area contributed by atoms with Gasteiger partial charge in [0, 0.05) is 10.6 Å². The topological polar surface area (TPSA) is 80.7 Å². The number of aryl methyl sites for hydroxylation is 1. The fraction of sp³-hybridized carbons (Fsp3) is 0.350. The van der Waals surface area contributed by atoms with E-state index in [4.69, 9.17) is 16.3 Å². The summed E-state index contributed by atoms with van der Waals surface area (Å²) < 4.78 is 30.6. The van der Waals surface area contributed by atoms with Gasteiger partial charge < -0.3 is 9.84 Å². The van der Waals surface area contributed by atoms with Gasteiger partial charge in [0.25, 0.3) is 0 Å². The Labute approximate surface area is 164 Å². The van der Waals surface area contributed by atoms with Crippen LogP contribution in [0.25, 0.3) is 11.1 Å². The second kappa shape index (κ2) is 8.76. The molecule has 2 rings (SSSR count). The largest absolute Gasteiger partial charge is 0.479 e. The van der Waals surface area contributed by atoms with Crippen molar-refractivity contribution in [2.24, 2.45) is 0 Å². The third kappa shape index (κ3) is 5.02. The number of rotatable bonds is 8. The summed E-state index contributed by atoms with van der Waals surface area (Å²) in [7, 11) is -3.39. The van der Waals surface area contributed by atoms with Gasteiger partial charge in [0.05, 0.1) is 10.6 Å². The van der Waals surface area contributed by atoms with Crippen molar-refractivity contribution in [1.82, 2.24) is 0 Å². The quantitative estimate of drug-likeness (QED) is 0.679. The van der Waals surface area contributed by atoms with E-state index in [0.717, 1.165) is 5.56 Å². The standard InChI is InChI=1S/C20H23ClO5S/c1-4-10-27(24,25)15-8-6-13(3)16(12-15)17-11-14(21)7-9-19(17)26-18(5-2)20(22)23/h6-9,11-12,18H,4-5,10H2,1-3H3,(H,22,23). The molecule has 1 atom stereocenters. The summed E-state index contributed by atoms with van der Waals surface area (Å²) in [5.74, 6) is -0.651. The average molecular weight is 411 g/mol. The highest BCUT2D eigenvalue weighted by Gasteiger charge is 2.21. The molecular weight excluding hydrogens is 388 g/mol. The molecule has 0 aliphatic heterocycles. The summed E-state index contributed by atoms with van der Waals surface area (Å²) in [5.41, 5.74) is 2.04. The number of carboxylic acid groups (broad SMARTS) is 1. The second-order valence-corrected chi connectivity index (χ2v) is 8.83. The zero-order chi connectivity index (χ0) is 20.2. The van der Waals surface area contributed by atoms with E-state index < -0.39 is 21.9 Å². The number of carbonyl (C=O) groups is 1. The molecule has 0 aliphatic rings. The van der Waals surface area contributed by atoms with Crippen molar-refractivity contribution < 1.29 is 23.1 Å². The summed E-state index contributed by atoms with van der Waals surface area (Å²) in [6.45, 7) is 5.38. The van der Waals surface area contributed by atoms with Crippen LogP contribution in [0.5, 0.6) is 5.75 Å². The highest BCUT2D eigenvalue weighted by Crippen LogP contribution is 2.36. The van der Waals surface area contributed by atoms with Crippen LogP contribution in [0.3, 0.4) is 0 Å². The van der Waals surface area contributed by atoms with Gasteiger partial charge in [-0.3, -0.25) is 0 Å². The molecule has 146 valence electrons. The lowest BCUT2D eigenvalue weighted by atomic mass is 9.99. The van der Waals surface area contributed by atoms with Gasteiger partial charge in [0.2, 0.25) is 0 Å². The molecule has 2 aromatic rings. The van der Waals surface area contributed by atoms with Crippen LogP contribution in [-0.4, -0.2) is 31.4 Å². The van der Waals surface area contributed by atoms with Crippen molar-refractivity contribution in [1.29, 1.82) is 0 Å². The predicted octanol–water partition coefficient (Wildman–Crippen LogP) is 4.74. The molecule has 0 fully saturated rings. The third-order valence-corrected chi connectivity index (χ3v) is 6.34. The molecule has 2 aromatic carbocycles. The van der Waals surface area contributed by atoms with Crippen LogP contribution in [-0.2, 0) is 14.6 Å². The molecule has 0 amide bonds. The van der Waals surface area contributed by atoms with Gasteiger partial charge in [0.15, 0.2) is 15.9 Å². The number of benzene rings is 2. The smallest absolute Gasteiger partial charge is 0.344 e. The minimum Gasteiger partial charge on any atom is -0.479 e. The molecular formula is C20H23ClO5S. The maximum atomic E-state index is 12.5. The lowest BCUT2D eigenvalue weighted by Gasteiger charge is -2.18. The molecule has 1 N–H and O–H groups in total. The van der Waals surface area contributed by atoms with Crippen LogP contribution in [0.2, 0.25) is 5.02 Å². The van der Waals surface area contributed by atoms with E-state index in [0.29, 0.717) is 34.7 Å². The lowest BCUT2D eigenvalue weighted by molar-refractivity contribution is -0.145. The van der Waals surface area contributed by atoms with Gasteiger partial charge in [-0.2, -0.15) is 0 Å². The summed E-state index contributed by atoms with van der Waals surface area (Å²) >= 11 is 6.14. The van der Waals surface area contributed by atoms with Gasteiger partial charge in [-0.15, -0.1) is 0 Å². The Bertz CT molecular complexity index is 937. The number of ether oxygens (including phenoxy) is 1. The van der Waals surface area contributed by atoms with Crippen LogP contribution in [0.4, 0.5) is 0 Å². The first-order valence-corrected chi connectivity index (χ1v) is 10.8. The second-order valence-electron chi connectivity index (χ2n) is 6.29. The first kappa shape index (κ1) is 21.3. The van der Waals surface area contributed by atoms with Crippen LogP contribution in [0.15, 0.2) is 41.3 Å². The van der Waals surface area contributed by atoms with E-state index in [1.807, 2.05) is 13.8 Å². The number of carboxylic acids is 1. The Hall–Kier alpha value is -2.05. The number of hydrogen-bond donors (Lipinski definition) is 1. The summed E-state index contributed by atoms with van der Waals surface area (Å²) in [6, 6.07) is 9.79. The molecule has 0 aromatic heterocycles. The van der Waals surface area contributed by atoms with Gasteiger partial charge in [0.1, 0.15) is 5.75 Å². The average Bonchev–Trinajstić information content (AvgIpc) is 2.60. The molecule has 1 unspecified atom stereocenters. The van der Waals surface area contributed by atoms with Gasteiger partial charge in [-0.05, 0) is 61.2 Å². The molecule has 0 saturated heterocycles. The summed E-state index contributed by atoms with van der Waals surface area (Å²) in [6.07, 6.45) is -0.188. The van der Waals surface area contributed by atoms with E-state index in [9.17, 15) is 18.3 Å². The fourth-order valence-electron chi connectivity index (χ4n) is 2.75. The van der Waals surface area contributed by atoms with Crippen LogP contribution >= 0.6 is 11.6 Å². The molecule has 0 heterocycles. The number of halogens is 1. The SMILES string of the molecule is CCCS(=O)(=O)c1ccc(C)c(-c2cc(Cl)ccc2OC(CC)C(=O)O)c1. The summed E-state index contributed by atoms with van der Waals surface area (Å²) in [5, 5.41) is 9.73. The van der Waals surface area contributed by atoms with Crippen LogP contribution in [0, 0.1) is 6.92 Å². The Balaban J connectivity index is 2.60. The predicted molar refractivity (Wildman–Crippen MR) is 106 cm³/mol. The molecule has 0 spiro atoms. The van der Waals surface area contributed by atoms with Crippen molar-refractivity contribution in [2.75, 3.05) is 5.75 Å². The fourth-order valence-corrected chi connectivity index (χ4v) is 4.27. The van der Waals surface area contributed by atoms with Crippen molar-refractivity contribution in [2.45, 2.75) is 44.6 Å². The number of sulfone groups is 1. The molecule has 0 saturated carbocycles. The number of aliphatic carboxylic acids is 1. The van der Waals surface area contributed by atoms with Crippen LogP contribution < -0.4 is 4.74 Å². The zero-order valence-corrected chi connectivity index (χ0v) is 17.1. The summed E-state index contributed by atoms with van der Waals surface area (Å²) in [4.78, 5) is 11.6. The molecule has 5 nitrogen and oxygen atoms in total. The molecule has 0 bridgehead atoms. The first-order valence-electron chi connectivity index (χ1n) is 8.72. The van der Waals surface area contributed by atoms with E-state index in [1.165, 1.54) is 0 Å².